The molecule has 1 aromatic rings. The van der Waals surface area contributed by atoms with Gasteiger partial charge in [0.1, 0.15) is 0 Å². The minimum absolute atomic E-state index is 0.590. The zero-order valence-corrected chi connectivity index (χ0v) is 29.6. The third-order valence-corrected chi connectivity index (χ3v) is 11.3. The molecule has 0 N–H and O–H groups in total. The number of rotatable bonds is 29. The molecule has 0 saturated carbocycles. The summed E-state index contributed by atoms with van der Waals surface area (Å²) in [6.07, 6.45) is 39.0. The first kappa shape index (κ1) is 36.5. The van der Waals surface area contributed by atoms with Crippen LogP contribution in [0.3, 0.4) is 0 Å². The topological polar surface area (TPSA) is 0 Å². The van der Waals surface area contributed by atoms with Gasteiger partial charge >= 0.3 is 0 Å². The van der Waals surface area contributed by atoms with E-state index in [-0.39, 0.29) is 0 Å². The molecule has 0 spiro atoms. The summed E-state index contributed by atoms with van der Waals surface area (Å²) in [5, 5.41) is 0.590. The molecule has 0 bridgehead atoms. The second-order valence-corrected chi connectivity index (χ2v) is 15.3. The van der Waals surface area contributed by atoms with Gasteiger partial charge in [-0.2, -0.15) is 0 Å². The molecule has 0 fully saturated rings. The van der Waals surface area contributed by atoms with Crippen molar-refractivity contribution in [2.75, 3.05) is 0 Å². The Labute approximate surface area is 250 Å². The van der Waals surface area contributed by atoms with Crippen molar-refractivity contribution in [1.29, 1.82) is 0 Å². The molecule has 0 aromatic heterocycles. The van der Waals surface area contributed by atoms with Crippen molar-refractivity contribution < 1.29 is 0 Å². The highest BCUT2D eigenvalue weighted by molar-refractivity contribution is 6.15. The Balaban J connectivity index is 2.69. The molecule has 1 rings (SSSR count). The summed E-state index contributed by atoms with van der Waals surface area (Å²) >= 11 is 0. The first-order valence-electron chi connectivity index (χ1n) is 18.2. The Morgan fingerprint density at radius 2 is 0.795 bits per heavy atom. The lowest BCUT2D eigenvalue weighted by Gasteiger charge is -2.39. The molecule has 0 saturated heterocycles. The van der Waals surface area contributed by atoms with Gasteiger partial charge in [0.05, 0.1) is 0 Å². The predicted molar refractivity (Wildman–Crippen MR) is 183 cm³/mol. The molecule has 0 aliphatic carbocycles. The van der Waals surface area contributed by atoms with Crippen LogP contribution in [0.5, 0.6) is 0 Å². The molecule has 1 atom stereocenters. The van der Waals surface area contributed by atoms with E-state index in [9.17, 15) is 0 Å². The predicted octanol–water partition coefficient (Wildman–Crippen LogP) is 12.9. The lowest BCUT2D eigenvalue weighted by Crippen LogP contribution is -2.23. The maximum absolute atomic E-state index is 2.48. The van der Waals surface area contributed by atoms with Gasteiger partial charge in [0.25, 0.3) is 0 Å². The van der Waals surface area contributed by atoms with Gasteiger partial charge in [-0.1, -0.05) is 218 Å². The van der Waals surface area contributed by atoms with Crippen LogP contribution in [-0.2, 0) is 0 Å². The molecule has 0 nitrogen and oxygen atoms in total. The van der Waals surface area contributed by atoms with Gasteiger partial charge in [-0.05, 0) is 22.9 Å². The Kier molecular flexibility index (Phi) is 24.6. The van der Waals surface area contributed by atoms with Gasteiger partial charge in [0, 0.05) is 10.2 Å². The van der Waals surface area contributed by atoms with Crippen molar-refractivity contribution in [2.45, 2.75) is 205 Å². The SMILES string of the molecule is CCCCCCCCCCC(c1ccccc1)C([SiH3])(CCCCCCCCCC)CCCCCCCCCC. The average molecular weight is 557 g/mol. The normalized spacial score (nSPS) is 12.8. The molecule has 39 heavy (non-hydrogen) atoms. The van der Waals surface area contributed by atoms with Gasteiger partial charge in [0.2, 0.25) is 0 Å². The highest BCUT2D eigenvalue weighted by Crippen LogP contribution is 2.51. The molecular weight excluding hydrogens is 485 g/mol. The molecule has 0 heterocycles. The molecule has 228 valence electrons. The fourth-order valence-corrected chi connectivity index (χ4v) is 8.21. The van der Waals surface area contributed by atoms with E-state index in [4.69, 9.17) is 0 Å². The summed E-state index contributed by atoms with van der Waals surface area (Å²) in [6, 6.07) is 11.8. The van der Waals surface area contributed by atoms with Crippen LogP contribution in [0.25, 0.3) is 0 Å². The summed E-state index contributed by atoms with van der Waals surface area (Å²) in [7, 11) is 1.35. The van der Waals surface area contributed by atoms with E-state index in [1.54, 1.807) is 5.56 Å². The highest BCUT2D eigenvalue weighted by atomic mass is 28.1. The van der Waals surface area contributed by atoms with Gasteiger partial charge in [0.15, 0.2) is 0 Å². The first-order chi connectivity index (χ1) is 19.2. The largest absolute Gasteiger partial charge is 0.0654 e. The van der Waals surface area contributed by atoms with E-state index >= 15 is 0 Å². The summed E-state index contributed by atoms with van der Waals surface area (Å²) in [6.45, 7) is 6.98. The smallest absolute Gasteiger partial charge is 0.0114 e. The van der Waals surface area contributed by atoms with E-state index in [1.165, 1.54) is 184 Å². The highest BCUT2D eigenvalue weighted by Gasteiger charge is 2.33. The van der Waals surface area contributed by atoms with Crippen LogP contribution >= 0.6 is 0 Å². The summed E-state index contributed by atoms with van der Waals surface area (Å²) in [5.74, 6) is 0.791. The molecule has 1 heteroatoms. The molecule has 0 aliphatic rings. The molecule has 0 aliphatic heterocycles. The third kappa shape index (κ3) is 19.2. The summed E-state index contributed by atoms with van der Waals surface area (Å²) in [5.41, 5.74) is 1.66. The van der Waals surface area contributed by atoms with Crippen LogP contribution in [0.15, 0.2) is 30.3 Å². The van der Waals surface area contributed by atoms with Crippen molar-refractivity contribution in [3.05, 3.63) is 35.9 Å². The quantitative estimate of drug-likeness (QED) is 0.0679. The third-order valence-electron chi connectivity index (χ3n) is 9.59. The van der Waals surface area contributed by atoms with Gasteiger partial charge in [-0.15, -0.1) is 0 Å². The van der Waals surface area contributed by atoms with Crippen LogP contribution in [0.1, 0.15) is 206 Å². The monoisotopic (exact) mass is 557 g/mol. The van der Waals surface area contributed by atoms with Crippen LogP contribution in [-0.4, -0.2) is 10.2 Å². The van der Waals surface area contributed by atoms with Crippen molar-refractivity contribution >= 4 is 10.2 Å². The van der Waals surface area contributed by atoms with Gasteiger partial charge < -0.3 is 0 Å². The van der Waals surface area contributed by atoms with Crippen molar-refractivity contribution in [3.8, 4) is 0 Å². The van der Waals surface area contributed by atoms with Crippen molar-refractivity contribution in [2.24, 2.45) is 0 Å². The zero-order chi connectivity index (χ0) is 28.3. The lowest BCUT2D eigenvalue weighted by molar-refractivity contribution is 0.340. The van der Waals surface area contributed by atoms with Crippen molar-refractivity contribution in [1.82, 2.24) is 0 Å². The minimum Gasteiger partial charge on any atom is -0.0654 e. The van der Waals surface area contributed by atoms with E-state index in [1.807, 2.05) is 0 Å². The zero-order valence-electron chi connectivity index (χ0n) is 27.6. The lowest BCUT2D eigenvalue weighted by atomic mass is 9.75. The molecule has 0 radical (unpaired) electrons. The Bertz CT molecular complexity index is 588. The van der Waals surface area contributed by atoms with E-state index in [0.29, 0.717) is 5.04 Å². The van der Waals surface area contributed by atoms with E-state index in [2.05, 4.69) is 51.1 Å². The number of hydrogen-bond donors (Lipinski definition) is 0. The standard InChI is InChI=1S/C38H72Si/c1-4-7-10-13-16-19-22-28-33-37(36-31-26-25-27-32-36)38(39,34-29-23-20-17-14-11-8-5-2)35-30-24-21-18-15-12-9-6-3/h25-27,31-32,37H,4-24,28-30,33-35H2,1-3,39H3. The second-order valence-electron chi connectivity index (χ2n) is 13.3. The van der Waals surface area contributed by atoms with Crippen LogP contribution in [0.2, 0.25) is 5.04 Å². The average Bonchev–Trinajstić information content (AvgIpc) is 2.95. The Morgan fingerprint density at radius 1 is 0.462 bits per heavy atom. The molecular formula is C38H72Si. The Hall–Kier alpha value is -0.563. The molecule has 1 unspecified atom stereocenters. The van der Waals surface area contributed by atoms with Crippen LogP contribution in [0, 0.1) is 0 Å². The number of unbranched alkanes of at least 4 members (excludes halogenated alkanes) is 21. The minimum atomic E-state index is 0.590. The molecule has 0 amide bonds. The molecule has 1 aromatic carbocycles. The summed E-state index contributed by atoms with van der Waals surface area (Å²) in [4.78, 5) is 0. The Morgan fingerprint density at radius 3 is 1.18 bits per heavy atom. The van der Waals surface area contributed by atoms with Crippen LogP contribution in [0.4, 0.5) is 0 Å². The van der Waals surface area contributed by atoms with Gasteiger partial charge in [-0.3, -0.25) is 0 Å². The maximum Gasteiger partial charge on any atom is 0.0114 e. The fourth-order valence-electron chi connectivity index (χ4n) is 6.88. The van der Waals surface area contributed by atoms with Crippen LogP contribution < -0.4 is 0 Å². The fraction of sp³-hybridized carbons (Fsp3) is 0.842. The number of benzene rings is 1. The summed E-state index contributed by atoms with van der Waals surface area (Å²) < 4.78 is 0. The van der Waals surface area contributed by atoms with Crippen molar-refractivity contribution in [3.63, 3.8) is 0 Å². The number of hydrogen-bond acceptors (Lipinski definition) is 0. The first-order valence-corrected chi connectivity index (χ1v) is 19.2. The van der Waals surface area contributed by atoms with E-state index in [0.717, 1.165) is 5.92 Å². The maximum atomic E-state index is 2.48. The second kappa shape index (κ2) is 26.3. The van der Waals surface area contributed by atoms with Gasteiger partial charge in [-0.25, -0.2) is 0 Å². The van der Waals surface area contributed by atoms with E-state index < -0.39 is 0 Å².